The Hall–Kier alpha value is -1.73. The maximum absolute atomic E-state index is 12.5. The number of thioether (sulfide) groups is 1. The van der Waals surface area contributed by atoms with Gasteiger partial charge in [0.15, 0.2) is 5.84 Å². The van der Waals surface area contributed by atoms with Gasteiger partial charge >= 0.3 is 0 Å². The standard InChI is InChI=1S/C20H20N4OS2/c21-16-15(7-14-2-1-3-26-14)17(25)22-19-24(16)23-18(27-19)20-8-11-4-12(9-20)6-13(5-11)10-20/h1-3,7,11-13,21H,4-6,8-10H2/b15-7-,21-16?. The molecule has 27 heavy (non-hydrogen) atoms. The van der Waals surface area contributed by atoms with E-state index in [0.29, 0.717) is 10.7 Å². The van der Waals surface area contributed by atoms with E-state index in [1.54, 1.807) is 34.2 Å². The summed E-state index contributed by atoms with van der Waals surface area (Å²) in [5.74, 6) is 2.36. The Kier molecular flexibility index (Phi) is 3.39. The van der Waals surface area contributed by atoms with E-state index in [9.17, 15) is 4.79 Å². The van der Waals surface area contributed by atoms with Gasteiger partial charge in [-0.3, -0.25) is 10.2 Å². The van der Waals surface area contributed by atoms with Gasteiger partial charge in [-0.2, -0.15) is 15.1 Å². The number of amidine groups is 2. The average Bonchev–Trinajstić information content (AvgIpc) is 3.27. The molecule has 6 aliphatic rings. The van der Waals surface area contributed by atoms with Crippen LogP contribution in [0.4, 0.5) is 0 Å². The Morgan fingerprint density at radius 2 is 1.89 bits per heavy atom. The predicted molar refractivity (Wildman–Crippen MR) is 110 cm³/mol. The number of aliphatic imine (C=N–C) groups is 1. The summed E-state index contributed by atoms with van der Waals surface area (Å²) in [7, 11) is 0. The molecule has 2 aliphatic heterocycles. The normalized spacial score (nSPS) is 38.4. The minimum absolute atomic E-state index is 0.158. The second kappa shape index (κ2) is 5.64. The molecule has 0 atom stereocenters. The number of carbonyl (C=O) groups is 1. The van der Waals surface area contributed by atoms with Crippen LogP contribution in [0.5, 0.6) is 0 Å². The SMILES string of the molecule is N=C1/C(=C/c2cccs2)C(=O)N=C2SC(C34CC5CC(CC(C5)C3)C4)=NN12. The number of carbonyl (C=O) groups excluding carboxylic acids is 1. The molecule has 1 aromatic heterocycles. The molecule has 0 aromatic carbocycles. The highest BCUT2D eigenvalue weighted by Gasteiger charge is 2.55. The fourth-order valence-corrected chi connectivity index (χ4v) is 7.86. The topological polar surface area (TPSA) is 68.9 Å². The van der Waals surface area contributed by atoms with Gasteiger partial charge in [0, 0.05) is 10.3 Å². The first kappa shape index (κ1) is 16.2. The summed E-state index contributed by atoms with van der Waals surface area (Å²) >= 11 is 3.09. The summed E-state index contributed by atoms with van der Waals surface area (Å²) in [5, 5.41) is 18.7. The van der Waals surface area contributed by atoms with E-state index in [1.807, 2.05) is 17.5 Å². The fraction of sp³-hybridized carbons (Fsp3) is 0.500. The molecule has 0 spiro atoms. The molecule has 1 amide bonds. The number of amides is 1. The lowest BCUT2D eigenvalue weighted by Gasteiger charge is -2.56. The zero-order chi connectivity index (χ0) is 18.2. The van der Waals surface area contributed by atoms with E-state index in [1.165, 1.54) is 38.5 Å². The highest BCUT2D eigenvalue weighted by molar-refractivity contribution is 8.27. The lowest BCUT2D eigenvalue weighted by molar-refractivity contribution is -0.114. The van der Waals surface area contributed by atoms with Crippen LogP contribution in [0.3, 0.4) is 0 Å². The Morgan fingerprint density at radius 1 is 1.19 bits per heavy atom. The van der Waals surface area contributed by atoms with Crippen molar-refractivity contribution in [3.63, 3.8) is 0 Å². The van der Waals surface area contributed by atoms with Gasteiger partial charge in [0.2, 0.25) is 5.17 Å². The van der Waals surface area contributed by atoms with Crippen molar-refractivity contribution in [1.29, 1.82) is 5.41 Å². The van der Waals surface area contributed by atoms with Crippen LogP contribution in [-0.2, 0) is 4.79 Å². The van der Waals surface area contributed by atoms with Gasteiger partial charge in [-0.05, 0) is 85.6 Å². The Bertz CT molecular complexity index is 908. The molecule has 1 aromatic rings. The van der Waals surface area contributed by atoms with E-state index in [-0.39, 0.29) is 17.2 Å². The molecule has 4 aliphatic carbocycles. The molecule has 7 rings (SSSR count). The zero-order valence-corrected chi connectivity index (χ0v) is 16.5. The van der Waals surface area contributed by atoms with Crippen molar-refractivity contribution in [3.05, 3.63) is 28.0 Å². The third-order valence-electron chi connectivity index (χ3n) is 6.78. The average molecular weight is 397 g/mol. The number of hydrazone groups is 1. The number of fused-ring (bicyclic) bond motifs is 1. The van der Waals surface area contributed by atoms with E-state index >= 15 is 0 Å². The maximum Gasteiger partial charge on any atom is 0.283 e. The molecule has 4 bridgehead atoms. The monoisotopic (exact) mass is 396 g/mol. The molecule has 4 saturated carbocycles. The van der Waals surface area contributed by atoms with Crippen LogP contribution in [0, 0.1) is 28.6 Å². The van der Waals surface area contributed by atoms with Gasteiger partial charge in [0.25, 0.3) is 5.91 Å². The quantitative estimate of drug-likeness (QED) is 0.744. The maximum atomic E-state index is 12.5. The van der Waals surface area contributed by atoms with Crippen LogP contribution in [0.2, 0.25) is 0 Å². The first-order valence-corrected chi connectivity index (χ1v) is 11.3. The van der Waals surface area contributed by atoms with Gasteiger partial charge in [0.1, 0.15) is 5.04 Å². The molecule has 0 unspecified atom stereocenters. The second-order valence-corrected chi connectivity index (χ2v) is 10.6. The summed E-state index contributed by atoms with van der Waals surface area (Å²) in [4.78, 5) is 17.8. The van der Waals surface area contributed by atoms with Crippen molar-refractivity contribution >= 4 is 51.1 Å². The number of nitrogens with one attached hydrogen (secondary N) is 1. The summed E-state index contributed by atoms with van der Waals surface area (Å²) in [6.07, 6.45) is 9.62. The number of hydrogen-bond donors (Lipinski definition) is 1. The van der Waals surface area contributed by atoms with Crippen LogP contribution in [0.25, 0.3) is 6.08 Å². The molecule has 0 radical (unpaired) electrons. The molecule has 0 saturated heterocycles. The summed E-state index contributed by atoms with van der Waals surface area (Å²) in [6, 6.07) is 3.89. The van der Waals surface area contributed by atoms with Crippen molar-refractivity contribution in [3.8, 4) is 0 Å². The van der Waals surface area contributed by atoms with Gasteiger partial charge in [-0.25, -0.2) is 0 Å². The largest absolute Gasteiger partial charge is 0.283 e. The first-order chi connectivity index (χ1) is 13.1. The van der Waals surface area contributed by atoms with E-state index in [4.69, 9.17) is 10.5 Å². The number of nitrogens with zero attached hydrogens (tertiary/aromatic N) is 3. The third kappa shape index (κ3) is 2.44. The van der Waals surface area contributed by atoms with Crippen LogP contribution < -0.4 is 0 Å². The van der Waals surface area contributed by atoms with E-state index < -0.39 is 0 Å². The van der Waals surface area contributed by atoms with E-state index in [2.05, 4.69) is 4.99 Å². The molecule has 3 heterocycles. The van der Waals surface area contributed by atoms with Crippen LogP contribution in [0.15, 0.2) is 33.2 Å². The smallest absolute Gasteiger partial charge is 0.282 e. The van der Waals surface area contributed by atoms with Crippen LogP contribution >= 0.6 is 23.1 Å². The molecule has 5 nitrogen and oxygen atoms in total. The van der Waals surface area contributed by atoms with Gasteiger partial charge < -0.3 is 0 Å². The minimum atomic E-state index is -0.325. The molecule has 1 N–H and O–H groups in total. The number of rotatable bonds is 2. The van der Waals surface area contributed by atoms with Crippen LogP contribution in [-0.4, -0.2) is 27.0 Å². The summed E-state index contributed by atoms with van der Waals surface area (Å²) < 4.78 is 0. The number of thiophene rings is 1. The Labute approximate surface area is 166 Å². The zero-order valence-electron chi connectivity index (χ0n) is 14.9. The first-order valence-electron chi connectivity index (χ1n) is 9.64. The Balaban J connectivity index is 1.35. The third-order valence-corrected chi connectivity index (χ3v) is 8.75. The van der Waals surface area contributed by atoms with Crippen molar-refractivity contribution < 1.29 is 4.79 Å². The van der Waals surface area contributed by atoms with Crippen molar-refractivity contribution in [1.82, 2.24) is 5.01 Å². The summed E-state index contributed by atoms with van der Waals surface area (Å²) in [5.41, 5.74) is 0.498. The Morgan fingerprint density at radius 3 is 2.52 bits per heavy atom. The van der Waals surface area contributed by atoms with Gasteiger partial charge in [-0.1, -0.05) is 6.07 Å². The minimum Gasteiger partial charge on any atom is -0.282 e. The summed E-state index contributed by atoms with van der Waals surface area (Å²) in [6.45, 7) is 0. The lowest BCUT2D eigenvalue weighted by Crippen LogP contribution is -2.49. The molecular weight excluding hydrogens is 376 g/mol. The fourth-order valence-electron chi connectivity index (χ4n) is 6.09. The predicted octanol–water partition coefficient (Wildman–Crippen LogP) is 4.58. The lowest BCUT2D eigenvalue weighted by atomic mass is 9.50. The number of hydrogen-bond acceptors (Lipinski definition) is 5. The van der Waals surface area contributed by atoms with Crippen molar-refractivity contribution in [2.75, 3.05) is 0 Å². The molecule has 7 heteroatoms. The van der Waals surface area contributed by atoms with Crippen molar-refractivity contribution in [2.45, 2.75) is 38.5 Å². The molecule has 138 valence electrons. The van der Waals surface area contributed by atoms with E-state index in [0.717, 1.165) is 27.7 Å². The van der Waals surface area contributed by atoms with Gasteiger partial charge in [-0.15, -0.1) is 11.3 Å². The van der Waals surface area contributed by atoms with Crippen LogP contribution in [0.1, 0.15) is 43.4 Å². The van der Waals surface area contributed by atoms with Crippen molar-refractivity contribution in [2.24, 2.45) is 33.3 Å². The highest BCUT2D eigenvalue weighted by Crippen LogP contribution is 2.62. The second-order valence-electron chi connectivity index (χ2n) is 8.64. The van der Waals surface area contributed by atoms with Gasteiger partial charge in [0.05, 0.1) is 5.57 Å². The molecular formula is C20H20N4OS2. The molecule has 4 fully saturated rings. The highest BCUT2D eigenvalue weighted by atomic mass is 32.2.